The average Bonchev–Trinajstić information content (AvgIpc) is 2.38. The molecule has 1 aromatic carbocycles. The maximum atomic E-state index is 11.6. The molecule has 19 heavy (non-hydrogen) atoms. The molecule has 0 atom stereocenters. The monoisotopic (exact) mass is 287 g/mol. The van der Waals surface area contributed by atoms with Crippen LogP contribution in [0.1, 0.15) is 12.8 Å². The second kappa shape index (κ2) is 7.07. The predicted molar refractivity (Wildman–Crippen MR) is 72.2 cm³/mol. The molecule has 0 unspecified atom stereocenters. The topological polar surface area (TPSA) is 113 Å². The van der Waals surface area contributed by atoms with Gasteiger partial charge in [-0.05, 0) is 25.0 Å². The van der Waals surface area contributed by atoms with Gasteiger partial charge >= 0.3 is 6.03 Å². The van der Waals surface area contributed by atoms with Crippen LogP contribution < -0.4 is 16.2 Å². The molecule has 1 aromatic rings. The van der Waals surface area contributed by atoms with Gasteiger partial charge in [0.2, 0.25) is 0 Å². The number of para-hydroxylation sites is 1. The first-order valence-electron chi connectivity index (χ1n) is 5.72. The van der Waals surface area contributed by atoms with Crippen LogP contribution >= 0.6 is 0 Å². The van der Waals surface area contributed by atoms with Crippen LogP contribution in [0.25, 0.3) is 0 Å². The first-order chi connectivity index (χ1) is 8.94. The normalized spacial score (nSPS) is 11.1. The van der Waals surface area contributed by atoms with E-state index < -0.39 is 16.1 Å². The Morgan fingerprint density at radius 1 is 1.26 bits per heavy atom. The SMILES string of the molecule is NNC(=O)N(CCCCS(=O)(=O)O)c1ccccc1. The number of hydrogen-bond donors (Lipinski definition) is 3. The molecule has 2 amide bonds. The van der Waals surface area contributed by atoms with Crippen molar-refractivity contribution in [1.82, 2.24) is 5.43 Å². The van der Waals surface area contributed by atoms with Gasteiger partial charge in [-0.25, -0.2) is 10.6 Å². The predicted octanol–water partition coefficient (Wildman–Crippen LogP) is 0.744. The lowest BCUT2D eigenvalue weighted by atomic mass is 10.2. The summed E-state index contributed by atoms with van der Waals surface area (Å²) in [5.41, 5.74) is 2.70. The van der Waals surface area contributed by atoms with Crippen molar-refractivity contribution in [1.29, 1.82) is 0 Å². The third kappa shape index (κ3) is 5.69. The minimum atomic E-state index is -3.96. The van der Waals surface area contributed by atoms with Gasteiger partial charge in [-0.1, -0.05) is 18.2 Å². The number of carbonyl (C=O) groups excluding carboxylic acids is 1. The molecule has 106 valence electrons. The van der Waals surface area contributed by atoms with Gasteiger partial charge in [0.25, 0.3) is 10.1 Å². The molecule has 0 saturated carbocycles. The van der Waals surface area contributed by atoms with Gasteiger partial charge < -0.3 is 0 Å². The van der Waals surface area contributed by atoms with E-state index in [0.29, 0.717) is 18.7 Å². The Labute approximate surface area is 112 Å². The van der Waals surface area contributed by atoms with Gasteiger partial charge in [0.05, 0.1) is 5.75 Å². The molecule has 0 aliphatic rings. The number of rotatable bonds is 6. The highest BCUT2D eigenvalue weighted by Gasteiger charge is 2.14. The number of urea groups is 1. The molecule has 0 aliphatic carbocycles. The Bertz CT molecular complexity index is 504. The molecule has 0 saturated heterocycles. The van der Waals surface area contributed by atoms with E-state index in [4.69, 9.17) is 10.4 Å². The van der Waals surface area contributed by atoms with Crippen LogP contribution in [-0.4, -0.2) is 31.3 Å². The third-order valence-electron chi connectivity index (χ3n) is 2.47. The molecule has 7 nitrogen and oxygen atoms in total. The standard InChI is InChI=1S/C11H17N3O4S/c12-13-11(15)14(10-6-2-1-3-7-10)8-4-5-9-19(16,17)18/h1-3,6-7H,4-5,8-9,12H2,(H,13,15)(H,16,17,18). The summed E-state index contributed by atoms with van der Waals surface area (Å²) in [5.74, 6) is 4.79. The van der Waals surface area contributed by atoms with Crippen molar-refractivity contribution < 1.29 is 17.8 Å². The number of nitrogens with zero attached hydrogens (tertiary/aromatic N) is 1. The maximum Gasteiger partial charge on any atom is 0.335 e. The van der Waals surface area contributed by atoms with Crippen molar-refractivity contribution in [2.75, 3.05) is 17.2 Å². The highest BCUT2D eigenvalue weighted by atomic mass is 32.2. The van der Waals surface area contributed by atoms with Gasteiger partial charge in [-0.15, -0.1) is 0 Å². The van der Waals surface area contributed by atoms with Crippen LogP contribution in [0.2, 0.25) is 0 Å². The number of carbonyl (C=O) groups is 1. The van der Waals surface area contributed by atoms with Crippen LogP contribution in [0.15, 0.2) is 30.3 Å². The summed E-state index contributed by atoms with van der Waals surface area (Å²) in [4.78, 5) is 13.0. The van der Waals surface area contributed by atoms with Crippen LogP contribution in [0.5, 0.6) is 0 Å². The van der Waals surface area contributed by atoms with Gasteiger partial charge in [0, 0.05) is 12.2 Å². The molecule has 0 spiro atoms. The summed E-state index contributed by atoms with van der Waals surface area (Å²) in [7, 11) is -3.96. The largest absolute Gasteiger partial charge is 0.335 e. The lowest BCUT2D eigenvalue weighted by molar-refractivity contribution is 0.246. The van der Waals surface area contributed by atoms with E-state index in [2.05, 4.69) is 0 Å². The zero-order valence-electron chi connectivity index (χ0n) is 10.3. The molecule has 0 fully saturated rings. The fraction of sp³-hybridized carbons (Fsp3) is 0.364. The summed E-state index contributed by atoms with van der Waals surface area (Å²) in [6, 6.07) is 8.41. The number of unbranched alkanes of at least 4 members (excludes halogenated alkanes) is 1. The van der Waals surface area contributed by atoms with Gasteiger partial charge in [-0.3, -0.25) is 14.9 Å². The molecule has 8 heteroatoms. The summed E-state index contributed by atoms with van der Waals surface area (Å²) in [5, 5.41) is 0. The molecule has 1 rings (SSSR count). The number of nitrogens with one attached hydrogen (secondary N) is 1. The fourth-order valence-electron chi connectivity index (χ4n) is 1.59. The zero-order chi connectivity index (χ0) is 14.3. The number of hydrogen-bond acceptors (Lipinski definition) is 4. The van der Waals surface area contributed by atoms with E-state index in [0.717, 1.165) is 0 Å². The van der Waals surface area contributed by atoms with E-state index >= 15 is 0 Å². The van der Waals surface area contributed by atoms with Crippen LogP contribution in [0, 0.1) is 0 Å². The van der Waals surface area contributed by atoms with Crippen LogP contribution in [-0.2, 0) is 10.1 Å². The quantitative estimate of drug-likeness (QED) is 0.235. The van der Waals surface area contributed by atoms with E-state index in [-0.39, 0.29) is 12.2 Å². The van der Waals surface area contributed by atoms with Gasteiger partial charge in [0.1, 0.15) is 0 Å². The average molecular weight is 287 g/mol. The Balaban J connectivity index is 2.60. The third-order valence-corrected chi connectivity index (χ3v) is 3.28. The summed E-state index contributed by atoms with van der Waals surface area (Å²) < 4.78 is 29.8. The summed E-state index contributed by atoms with van der Waals surface area (Å²) in [6.45, 7) is 0.308. The molecule has 0 radical (unpaired) electrons. The van der Waals surface area contributed by atoms with Gasteiger partial charge in [0.15, 0.2) is 0 Å². The molecule has 0 aliphatic heterocycles. The second-order valence-corrected chi connectivity index (χ2v) is 5.50. The first kappa shape index (κ1) is 15.4. The van der Waals surface area contributed by atoms with E-state index in [1.165, 1.54) is 4.90 Å². The fourth-order valence-corrected chi connectivity index (χ4v) is 2.16. The van der Waals surface area contributed by atoms with Crippen molar-refractivity contribution >= 4 is 21.8 Å². The number of amides is 2. The van der Waals surface area contributed by atoms with Crippen LogP contribution in [0.4, 0.5) is 10.5 Å². The summed E-state index contributed by atoms with van der Waals surface area (Å²) >= 11 is 0. The Morgan fingerprint density at radius 2 is 1.89 bits per heavy atom. The molecular weight excluding hydrogens is 270 g/mol. The zero-order valence-corrected chi connectivity index (χ0v) is 11.1. The second-order valence-electron chi connectivity index (χ2n) is 3.93. The van der Waals surface area contributed by atoms with E-state index in [9.17, 15) is 13.2 Å². The highest BCUT2D eigenvalue weighted by molar-refractivity contribution is 7.85. The molecular formula is C11H17N3O4S. The first-order valence-corrected chi connectivity index (χ1v) is 7.33. The number of hydrazine groups is 1. The van der Waals surface area contributed by atoms with Crippen molar-refractivity contribution in [3.63, 3.8) is 0 Å². The lowest BCUT2D eigenvalue weighted by Crippen LogP contribution is -2.44. The summed E-state index contributed by atoms with van der Waals surface area (Å²) in [6.07, 6.45) is 0.697. The Kier molecular flexibility index (Phi) is 5.74. The van der Waals surface area contributed by atoms with Crippen molar-refractivity contribution in [3.05, 3.63) is 30.3 Å². The number of benzene rings is 1. The van der Waals surface area contributed by atoms with Crippen molar-refractivity contribution in [3.8, 4) is 0 Å². The van der Waals surface area contributed by atoms with Crippen molar-refractivity contribution in [2.24, 2.45) is 5.84 Å². The smallest absolute Gasteiger partial charge is 0.293 e. The van der Waals surface area contributed by atoms with Gasteiger partial charge in [-0.2, -0.15) is 8.42 Å². The maximum absolute atomic E-state index is 11.6. The Hall–Kier alpha value is -1.64. The van der Waals surface area contributed by atoms with E-state index in [1.54, 1.807) is 24.3 Å². The number of anilines is 1. The Morgan fingerprint density at radius 3 is 2.42 bits per heavy atom. The molecule has 0 heterocycles. The molecule has 4 N–H and O–H groups in total. The molecule has 0 bridgehead atoms. The van der Waals surface area contributed by atoms with Crippen molar-refractivity contribution in [2.45, 2.75) is 12.8 Å². The molecule has 0 aromatic heterocycles. The minimum absolute atomic E-state index is 0.264. The highest BCUT2D eigenvalue weighted by Crippen LogP contribution is 2.14. The van der Waals surface area contributed by atoms with E-state index in [1.807, 2.05) is 11.5 Å². The lowest BCUT2D eigenvalue weighted by Gasteiger charge is -2.21. The minimum Gasteiger partial charge on any atom is -0.293 e. The van der Waals surface area contributed by atoms with Crippen LogP contribution in [0.3, 0.4) is 0 Å². The number of nitrogens with two attached hydrogens (primary N) is 1.